The highest BCUT2D eigenvalue weighted by atomic mass is 16.5. The highest BCUT2D eigenvalue weighted by Gasteiger charge is 2.28. The molecule has 0 spiro atoms. The number of carbonyl (C=O) groups excluding carboxylic acids is 1. The molecular weight excluding hydrogens is 344 g/mol. The van der Waals surface area contributed by atoms with E-state index >= 15 is 0 Å². The molecule has 0 saturated carbocycles. The first-order valence-electron chi connectivity index (χ1n) is 9.28. The largest absolute Gasteiger partial charge is 0.342 e. The summed E-state index contributed by atoms with van der Waals surface area (Å²) in [4.78, 5) is 23.2. The van der Waals surface area contributed by atoms with E-state index in [9.17, 15) is 4.79 Å². The molecule has 0 N–H and O–H groups in total. The maximum absolute atomic E-state index is 12.5. The van der Waals surface area contributed by atoms with Crippen LogP contribution in [0.25, 0.3) is 11.5 Å². The second-order valence-corrected chi connectivity index (χ2v) is 6.67. The summed E-state index contributed by atoms with van der Waals surface area (Å²) < 4.78 is 7.28. The quantitative estimate of drug-likeness (QED) is 0.688. The predicted molar refractivity (Wildman–Crippen MR) is 97.7 cm³/mol. The van der Waals surface area contributed by atoms with Crippen molar-refractivity contribution < 1.29 is 9.32 Å². The van der Waals surface area contributed by atoms with Crippen LogP contribution in [-0.4, -0.2) is 48.8 Å². The molecule has 3 aromatic rings. The van der Waals surface area contributed by atoms with Crippen LogP contribution >= 0.6 is 0 Å². The Bertz CT molecular complexity index is 896. The van der Waals surface area contributed by atoms with Gasteiger partial charge in [0.1, 0.15) is 5.69 Å². The van der Waals surface area contributed by atoms with Crippen molar-refractivity contribution >= 4 is 5.91 Å². The summed E-state index contributed by atoms with van der Waals surface area (Å²) in [6.07, 6.45) is 5.60. The number of likely N-dealkylation sites (tertiary alicyclic amines) is 1. The van der Waals surface area contributed by atoms with Crippen molar-refractivity contribution in [3.05, 3.63) is 48.2 Å². The highest BCUT2D eigenvalue weighted by Crippen LogP contribution is 2.28. The Morgan fingerprint density at radius 2 is 2.11 bits per heavy atom. The van der Waals surface area contributed by atoms with Gasteiger partial charge >= 0.3 is 0 Å². The number of hydrogen-bond donors (Lipinski definition) is 0. The normalized spacial score (nSPS) is 15.2. The summed E-state index contributed by atoms with van der Waals surface area (Å²) in [6.45, 7) is 4.23. The third kappa shape index (κ3) is 3.89. The zero-order valence-corrected chi connectivity index (χ0v) is 15.3. The minimum atomic E-state index is 0.120. The molecule has 1 aliphatic heterocycles. The fourth-order valence-corrected chi connectivity index (χ4v) is 3.32. The maximum atomic E-state index is 12.5. The minimum Gasteiger partial charge on any atom is -0.342 e. The van der Waals surface area contributed by atoms with Gasteiger partial charge in [-0.15, -0.1) is 0 Å². The lowest BCUT2D eigenvalue weighted by Crippen LogP contribution is -2.38. The number of rotatable bonds is 5. The Balaban J connectivity index is 1.33. The molecule has 1 fully saturated rings. The summed E-state index contributed by atoms with van der Waals surface area (Å²) in [7, 11) is 0. The molecule has 4 heterocycles. The van der Waals surface area contributed by atoms with Crippen LogP contribution in [0.3, 0.4) is 0 Å². The molecule has 8 nitrogen and oxygen atoms in total. The molecule has 4 rings (SSSR count). The van der Waals surface area contributed by atoms with Crippen LogP contribution in [-0.2, 0) is 17.8 Å². The summed E-state index contributed by atoms with van der Waals surface area (Å²) in [6, 6.07) is 7.51. The molecule has 1 saturated heterocycles. The molecule has 1 aliphatic rings. The predicted octanol–water partition coefficient (Wildman–Crippen LogP) is 2.30. The van der Waals surface area contributed by atoms with Crippen molar-refractivity contribution in [3.63, 3.8) is 0 Å². The number of piperidine rings is 1. The van der Waals surface area contributed by atoms with Gasteiger partial charge in [-0.1, -0.05) is 11.2 Å². The van der Waals surface area contributed by atoms with E-state index in [1.54, 1.807) is 6.20 Å². The summed E-state index contributed by atoms with van der Waals surface area (Å²) >= 11 is 0. The van der Waals surface area contributed by atoms with E-state index in [0.29, 0.717) is 36.9 Å². The number of aryl methyl sites for hydroxylation is 1. The van der Waals surface area contributed by atoms with Crippen molar-refractivity contribution in [3.8, 4) is 11.5 Å². The van der Waals surface area contributed by atoms with Gasteiger partial charge in [-0.25, -0.2) is 0 Å². The average Bonchev–Trinajstić information content (AvgIpc) is 3.38. The molecule has 3 aromatic heterocycles. The molecular formula is C19H22N6O2. The standard InChI is InChI=1S/C19H22N6O2/c1-2-25-12-8-15(22-25)13-17(26)24-10-6-14(7-11-24)19-21-18(23-27-19)16-5-3-4-9-20-16/h3-5,8-9,12,14H,2,6-7,10-11,13H2,1H3. The summed E-state index contributed by atoms with van der Waals surface area (Å²) in [5, 5.41) is 8.43. The van der Waals surface area contributed by atoms with Crippen molar-refractivity contribution in [1.82, 2.24) is 29.8 Å². The molecule has 0 atom stereocenters. The van der Waals surface area contributed by atoms with E-state index in [1.165, 1.54) is 0 Å². The van der Waals surface area contributed by atoms with Gasteiger partial charge in [0.25, 0.3) is 0 Å². The highest BCUT2D eigenvalue weighted by molar-refractivity contribution is 5.78. The van der Waals surface area contributed by atoms with E-state index in [4.69, 9.17) is 4.52 Å². The van der Waals surface area contributed by atoms with Gasteiger partial charge < -0.3 is 9.42 Å². The fraction of sp³-hybridized carbons (Fsp3) is 0.421. The number of aromatic nitrogens is 5. The number of hydrogen-bond acceptors (Lipinski definition) is 6. The monoisotopic (exact) mass is 366 g/mol. The zero-order chi connectivity index (χ0) is 18.6. The van der Waals surface area contributed by atoms with E-state index in [-0.39, 0.29) is 11.8 Å². The SMILES string of the molecule is CCn1ccc(CC(=O)N2CCC(c3nc(-c4ccccn4)no3)CC2)n1. The number of pyridine rings is 1. The molecule has 0 aromatic carbocycles. The lowest BCUT2D eigenvalue weighted by molar-refractivity contribution is -0.131. The van der Waals surface area contributed by atoms with Gasteiger partial charge in [-0.2, -0.15) is 10.1 Å². The third-order valence-corrected chi connectivity index (χ3v) is 4.88. The molecule has 1 amide bonds. The summed E-state index contributed by atoms with van der Waals surface area (Å²) in [5.41, 5.74) is 1.52. The van der Waals surface area contributed by atoms with Crippen LogP contribution in [0.4, 0.5) is 0 Å². The maximum Gasteiger partial charge on any atom is 0.230 e. The van der Waals surface area contributed by atoms with E-state index in [2.05, 4.69) is 20.2 Å². The Labute approximate surface area is 157 Å². The van der Waals surface area contributed by atoms with Crippen molar-refractivity contribution in [2.75, 3.05) is 13.1 Å². The molecule has 27 heavy (non-hydrogen) atoms. The second-order valence-electron chi connectivity index (χ2n) is 6.67. The molecule has 0 radical (unpaired) electrons. The van der Waals surface area contributed by atoms with Crippen LogP contribution in [0.1, 0.15) is 37.3 Å². The van der Waals surface area contributed by atoms with Gasteiger partial charge in [0, 0.05) is 37.9 Å². The summed E-state index contributed by atoms with van der Waals surface area (Å²) in [5.74, 6) is 1.44. The van der Waals surface area contributed by atoms with Crippen LogP contribution in [0.2, 0.25) is 0 Å². The Morgan fingerprint density at radius 3 is 2.81 bits per heavy atom. The van der Waals surface area contributed by atoms with Crippen molar-refractivity contribution in [2.45, 2.75) is 38.6 Å². The van der Waals surface area contributed by atoms with Gasteiger partial charge in [0.2, 0.25) is 17.6 Å². The minimum absolute atomic E-state index is 0.120. The first-order chi connectivity index (χ1) is 13.2. The van der Waals surface area contributed by atoms with Gasteiger partial charge in [-0.05, 0) is 38.0 Å². The molecule has 0 unspecified atom stereocenters. The molecule has 0 bridgehead atoms. The van der Waals surface area contributed by atoms with E-state index in [1.807, 2.05) is 47.0 Å². The van der Waals surface area contributed by atoms with Crippen LogP contribution in [0.15, 0.2) is 41.2 Å². The Kier molecular flexibility index (Phi) is 4.95. The van der Waals surface area contributed by atoms with E-state index < -0.39 is 0 Å². The van der Waals surface area contributed by atoms with Crippen molar-refractivity contribution in [1.29, 1.82) is 0 Å². The third-order valence-electron chi connectivity index (χ3n) is 4.88. The topological polar surface area (TPSA) is 89.9 Å². The van der Waals surface area contributed by atoms with Crippen LogP contribution < -0.4 is 0 Å². The molecule has 8 heteroatoms. The van der Waals surface area contributed by atoms with E-state index in [0.717, 1.165) is 25.1 Å². The van der Waals surface area contributed by atoms with Crippen molar-refractivity contribution in [2.24, 2.45) is 0 Å². The smallest absolute Gasteiger partial charge is 0.230 e. The average molecular weight is 366 g/mol. The number of carbonyl (C=O) groups is 1. The van der Waals surface area contributed by atoms with Crippen LogP contribution in [0, 0.1) is 0 Å². The number of nitrogens with zero attached hydrogens (tertiary/aromatic N) is 6. The molecule has 140 valence electrons. The van der Waals surface area contributed by atoms with Gasteiger partial charge in [0.15, 0.2) is 0 Å². The van der Waals surface area contributed by atoms with Gasteiger partial charge in [-0.3, -0.25) is 14.5 Å². The number of amides is 1. The Morgan fingerprint density at radius 1 is 1.26 bits per heavy atom. The lowest BCUT2D eigenvalue weighted by Gasteiger charge is -2.30. The lowest BCUT2D eigenvalue weighted by atomic mass is 9.96. The molecule has 0 aliphatic carbocycles. The Hall–Kier alpha value is -3.03. The first-order valence-corrected chi connectivity index (χ1v) is 9.28. The fourth-order valence-electron chi connectivity index (χ4n) is 3.32. The van der Waals surface area contributed by atoms with Gasteiger partial charge in [0.05, 0.1) is 12.1 Å². The zero-order valence-electron chi connectivity index (χ0n) is 15.3. The first kappa shape index (κ1) is 17.4. The second kappa shape index (κ2) is 7.69. The van der Waals surface area contributed by atoms with Crippen LogP contribution in [0.5, 0.6) is 0 Å².